The van der Waals surface area contributed by atoms with Gasteiger partial charge in [-0.05, 0) is 24.3 Å². The lowest BCUT2D eigenvalue weighted by molar-refractivity contribution is -0.116. The lowest BCUT2D eigenvalue weighted by atomic mass is 10.3. The minimum Gasteiger partial charge on any atom is -0.325 e. The smallest absolute Gasteiger partial charge is 0.325 e. The summed E-state index contributed by atoms with van der Waals surface area (Å²) in [7, 11) is -3.80. The molecule has 1 heterocycles. The molecule has 0 aliphatic carbocycles. The van der Waals surface area contributed by atoms with Crippen molar-refractivity contribution in [3.05, 3.63) is 57.4 Å². The molecule has 1 aromatic carbocycles. The molecule has 0 saturated carbocycles. The van der Waals surface area contributed by atoms with Crippen LogP contribution in [0.1, 0.15) is 0 Å². The molecule has 2 aromatic rings. The van der Waals surface area contributed by atoms with Gasteiger partial charge in [0.2, 0.25) is 15.9 Å². The highest BCUT2D eigenvalue weighted by atomic mass is 32.2. The molecule has 9 nitrogen and oxygen atoms in total. The molecule has 0 spiro atoms. The van der Waals surface area contributed by atoms with Gasteiger partial charge in [0, 0.05) is 18.0 Å². The summed E-state index contributed by atoms with van der Waals surface area (Å²) in [4.78, 5) is 36.1. The molecule has 0 aliphatic heterocycles. The largest absolute Gasteiger partial charge is 0.328 e. The molecule has 116 valence electrons. The van der Waals surface area contributed by atoms with E-state index in [0.29, 0.717) is 5.69 Å². The van der Waals surface area contributed by atoms with Crippen LogP contribution in [-0.4, -0.2) is 23.9 Å². The zero-order valence-electron chi connectivity index (χ0n) is 11.1. The molecular weight excluding hydrogens is 312 g/mol. The van der Waals surface area contributed by atoms with Crippen molar-refractivity contribution in [2.75, 3.05) is 5.32 Å². The number of aromatic nitrogens is 2. The number of primary sulfonamides is 1. The van der Waals surface area contributed by atoms with Crippen molar-refractivity contribution in [1.29, 1.82) is 0 Å². The molecule has 22 heavy (non-hydrogen) atoms. The first-order valence-corrected chi connectivity index (χ1v) is 7.53. The molecule has 0 saturated heterocycles. The monoisotopic (exact) mass is 324 g/mol. The van der Waals surface area contributed by atoms with Crippen molar-refractivity contribution in [2.24, 2.45) is 5.14 Å². The minimum atomic E-state index is -3.80. The van der Waals surface area contributed by atoms with E-state index >= 15 is 0 Å². The molecule has 0 aliphatic rings. The summed E-state index contributed by atoms with van der Waals surface area (Å²) in [6, 6.07) is 6.35. The zero-order chi connectivity index (χ0) is 16.3. The number of nitrogens with zero attached hydrogens (tertiary/aromatic N) is 1. The molecule has 0 unspecified atom stereocenters. The maximum Gasteiger partial charge on any atom is 0.328 e. The van der Waals surface area contributed by atoms with Crippen LogP contribution in [-0.2, 0) is 21.4 Å². The Labute approximate surface area is 124 Å². The molecule has 0 fully saturated rings. The fraction of sp³-hybridized carbons (Fsp3) is 0.0833. The Kier molecular flexibility index (Phi) is 4.24. The van der Waals surface area contributed by atoms with Gasteiger partial charge in [-0.15, -0.1) is 0 Å². The van der Waals surface area contributed by atoms with Crippen LogP contribution < -0.4 is 21.7 Å². The minimum absolute atomic E-state index is 0.0812. The summed E-state index contributed by atoms with van der Waals surface area (Å²) < 4.78 is 23.2. The van der Waals surface area contributed by atoms with Crippen molar-refractivity contribution in [1.82, 2.24) is 9.55 Å². The van der Waals surface area contributed by atoms with Crippen LogP contribution in [0.3, 0.4) is 0 Å². The van der Waals surface area contributed by atoms with Crippen molar-refractivity contribution >= 4 is 21.6 Å². The average molecular weight is 324 g/mol. The molecule has 0 bridgehead atoms. The summed E-state index contributed by atoms with van der Waals surface area (Å²) in [5.74, 6) is -0.516. The van der Waals surface area contributed by atoms with E-state index < -0.39 is 27.2 Å². The number of carbonyl (C=O) groups excluding carboxylic acids is 1. The Bertz CT molecular complexity index is 912. The Morgan fingerprint density at radius 3 is 2.36 bits per heavy atom. The highest BCUT2D eigenvalue weighted by Gasteiger charge is 2.09. The SMILES string of the molecule is NS(=O)(=O)c1ccc(NC(=O)Cn2ccc(=O)[nH]c2=O)cc1. The number of H-pyrrole nitrogens is 1. The van der Waals surface area contributed by atoms with Gasteiger partial charge in [-0.2, -0.15) is 0 Å². The van der Waals surface area contributed by atoms with Crippen LogP contribution in [0.4, 0.5) is 5.69 Å². The molecule has 10 heteroatoms. The summed E-state index contributed by atoms with van der Waals surface area (Å²) in [6.07, 6.45) is 1.20. The first-order chi connectivity index (χ1) is 10.3. The van der Waals surface area contributed by atoms with Crippen LogP contribution in [0, 0.1) is 0 Å². The van der Waals surface area contributed by atoms with Gasteiger partial charge in [0.1, 0.15) is 6.54 Å². The van der Waals surface area contributed by atoms with Crippen LogP contribution in [0.15, 0.2) is 51.0 Å². The lowest BCUT2D eigenvalue weighted by Crippen LogP contribution is -2.32. The predicted molar refractivity (Wildman–Crippen MR) is 77.8 cm³/mol. The Morgan fingerprint density at radius 2 is 1.82 bits per heavy atom. The average Bonchev–Trinajstić information content (AvgIpc) is 2.41. The zero-order valence-corrected chi connectivity index (χ0v) is 12.0. The van der Waals surface area contributed by atoms with Crippen molar-refractivity contribution in [2.45, 2.75) is 11.4 Å². The normalized spacial score (nSPS) is 11.1. The first kappa shape index (κ1) is 15.7. The number of amides is 1. The second-order valence-electron chi connectivity index (χ2n) is 4.36. The summed E-state index contributed by atoms with van der Waals surface area (Å²) in [5, 5.41) is 7.44. The topological polar surface area (TPSA) is 144 Å². The predicted octanol–water partition coefficient (Wildman–Crippen LogP) is -1.18. The number of sulfonamides is 1. The molecule has 1 amide bonds. The van der Waals surface area contributed by atoms with E-state index in [1.807, 2.05) is 4.98 Å². The van der Waals surface area contributed by atoms with E-state index in [-0.39, 0.29) is 11.4 Å². The number of benzene rings is 1. The highest BCUT2D eigenvalue weighted by Crippen LogP contribution is 2.12. The number of aromatic amines is 1. The Hall–Kier alpha value is -2.72. The first-order valence-electron chi connectivity index (χ1n) is 5.98. The van der Waals surface area contributed by atoms with E-state index in [0.717, 1.165) is 10.6 Å². The third kappa shape index (κ3) is 3.90. The van der Waals surface area contributed by atoms with Gasteiger partial charge in [0.15, 0.2) is 0 Å². The van der Waals surface area contributed by atoms with Crippen molar-refractivity contribution in [3.63, 3.8) is 0 Å². The fourth-order valence-corrected chi connectivity index (χ4v) is 2.17. The second kappa shape index (κ2) is 5.95. The van der Waals surface area contributed by atoms with Gasteiger partial charge in [0.25, 0.3) is 5.56 Å². The number of carbonyl (C=O) groups is 1. The molecule has 1 aromatic heterocycles. The van der Waals surface area contributed by atoms with Crippen LogP contribution >= 0.6 is 0 Å². The van der Waals surface area contributed by atoms with Crippen molar-refractivity contribution in [3.8, 4) is 0 Å². The third-order valence-electron chi connectivity index (χ3n) is 2.68. The number of nitrogens with one attached hydrogen (secondary N) is 2. The maximum absolute atomic E-state index is 11.8. The summed E-state index contributed by atoms with van der Waals surface area (Å²) in [6.45, 7) is -0.299. The Morgan fingerprint density at radius 1 is 1.18 bits per heavy atom. The quantitative estimate of drug-likeness (QED) is 0.648. The summed E-state index contributed by atoms with van der Waals surface area (Å²) >= 11 is 0. The van der Waals surface area contributed by atoms with Gasteiger partial charge in [0.05, 0.1) is 4.90 Å². The summed E-state index contributed by atoms with van der Waals surface area (Å²) in [5.41, 5.74) is -0.915. The second-order valence-corrected chi connectivity index (χ2v) is 5.92. The number of rotatable bonds is 4. The van der Waals surface area contributed by atoms with E-state index in [4.69, 9.17) is 5.14 Å². The maximum atomic E-state index is 11.8. The molecule has 2 rings (SSSR count). The standard InChI is InChI=1S/C12H12N4O5S/c13-22(20,21)9-3-1-8(2-4-9)14-11(18)7-16-6-5-10(17)15-12(16)19/h1-6H,7H2,(H,14,18)(H2,13,20,21)(H,15,17,19). The van der Waals surface area contributed by atoms with Gasteiger partial charge in [-0.1, -0.05) is 0 Å². The third-order valence-corrected chi connectivity index (χ3v) is 3.61. The number of hydrogen-bond donors (Lipinski definition) is 3. The fourth-order valence-electron chi connectivity index (χ4n) is 1.65. The van der Waals surface area contributed by atoms with E-state index in [2.05, 4.69) is 5.32 Å². The van der Waals surface area contributed by atoms with Gasteiger partial charge in [-0.25, -0.2) is 18.4 Å². The number of hydrogen-bond acceptors (Lipinski definition) is 5. The number of anilines is 1. The van der Waals surface area contributed by atoms with E-state index in [1.165, 1.54) is 30.5 Å². The molecule has 0 atom stereocenters. The van der Waals surface area contributed by atoms with Crippen LogP contribution in [0.25, 0.3) is 0 Å². The van der Waals surface area contributed by atoms with E-state index in [1.54, 1.807) is 0 Å². The number of nitrogens with two attached hydrogens (primary N) is 1. The molecule has 4 N–H and O–H groups in total. The van der Waals surface area contributed by atoms with Gasteiger partial charge >= 0.3 is 5.69 Å². The van der Waals surface area contributed by atoms with Gasteiger partial charge in [-0.3, -0.25) is 19.1 Å². The van der Waals surface area contributed by atoms with Crippen LogP contribution in [0.5, 0.6) is 0 Å². The molecular formula is C12H12N4O5S. The van der Waals surface area contributed by atoms with Gasteiger partial charge < -0.3 is 5.32 Å². The van der Waals surface area contributed by atoms with Crippen molar-refractivity contribution < 1.29 is 13.2 Å². The lowest BCUT2D eigenvalue weighted by Gasteiger charge is -2.07. The van der Waals surface area contributed by atoms with E-state index in [9.17, 15) is 22.8 Å². The molecule has 0 radical (unpaired) electrons. The van der Waals surface area contributed by atoms with Crippen LogP contribution in [0.2, 0.25) is 0 Å². The highest BCUT2D eigenvalue weighted by molar-refractivity contribution is 7.89. The Balaban J connectivity index is 2.09.